The molecule has 0 radical (unpaired) electrons. The van der Waals surface area contributed by atoms with E-state index in [4.69, 9.17) is 0 Å². The zero-order valence-corrected chi connectivity index (χ0v) is 16.7. The summed E-state index contributed by atoms with van der Waals surface area (Å²) in [5.74, 6) is -0.414. The number of anilines is 1. The molecule has 0 aliphatic rings. The van der Waals surface area contributed by atoms with Crippen LogP contribution in [0.2, 0.25) is 0 Å². The molecule has 6 heteroatoms. The molecule has 26 heavy (non-hydrogen) atoms. The maximum absolute atomic E-state index is 12.4. The van der Waals surface area contributed by atoms with Crippen LogP contribution in [0.5, 0.6) is 0 Å². The van der Waals surface area contributed by atoms with Gasteiger partial charge in [-0.1, -0.05) is 39.0 Å². The highest BCUT2D eigenvalue weighted by atomic mass is 32.2. The van der Waals surface area contributed by atoms with Crippen LogP contribution >= 0.6 is 0 Å². The lowest BCUT2D eigenvalue weighted by Gasteiger charge is -2.19. The molecular weight excluding hydrogens is 348 g/mol. The van der Waals surface area contributed by atoms with Gasteiger partial charge in [-0.2, -0.15) is 0 Å². The van der Waals surface area contributed by atoms with Gasteiger partial charge in [0.15, 0.2) is 0 Å². The Kier molecular flexibility index (Phi) is 5.88. The Labute approximate surface area is 155 Å². The molecule has 1 amide bonds. The van der Waals surface area contributed by atoms with Crippen molar-refractivity contribution in [1.29, 1.82) is 0 Å². The Morgan fingerprint density at radius 1 is 0.962 bits per heavy atom. The molecule has 2 rings (SSSR count). The quantitative estimate of drug-likeness (QED) is 0.841. The lowest BCUT2D eigenvalue weighted by atomic mass is 9.87. The van der Waals surface area contributed by atoms with Gasteiger partial charge in [0.25, 0.3) is 0 Å². The van der Waals surface area contributed by atoms with Crippen LogP contribution in [-0.2, 0) is 20.2 Å². The minimum absolute atomic E-state index is 0.0538. The first-order valence-electron chi connectivity index (χ1n) is 8.46. The molecule has 0 aromatic heterocycles. The van der Waals surface area contributed by atoms with E-state index in [2.05, 4.69) is 30.8 Å². The van der Waals surface area contributed by atoms with Crippen LogP contribution in [0.4, 0.5) is 5.69 Å². The standard InChI is InChI=1S/C20H26N2O3S/c1-14-6-9-17(12-15(14)2)22-19(23)13-21-26(24,25)18-10-7-16(8-11-18)20(3,4)5/h6-12,21H,13H2,1-5H3,(H,22,23). The number of hydrogen-bond acceptors (Lipinski definition) is 3. The van der Waals surface area contributed by atoms with Gasteiger partial charge in [-0.3, -0.25) is 4.79 Å². The van der Waals surface area contributed by atoms with E-state index in [9.17, 15) is 13.2 Å². The van der Waals surface area contributed by atoms with E-state index in [0.29, 0.717) is 5.69 Å². The Bertz CT molecular complexity index is 896. The normalized spacial score (nSPS) is 12.0. The van der Waals surface area contributed by atoms with Gasteiger partial charge >= 0.3 is 0 Å². The number of rotatable bonds is 5. The molecule has 0 saturated heterocycles. The van der Waals surface area contributed by atoms with Gasteiger partial charge in [-0.25, -0.2) is 13.1 Å². The van der Waals surface area contributed by atoms with Crippen molar-refractivity contribution in [3.8, 4) is 0 Å². The molecule has 140 valence electrons. The van der Waals surface area contributed by atoms with E-state index in [1.54, 1.807) is 30.3 Å². The first kappa shape index (κ1) is 20.1. The predicted octanol–water partition coefficient (Wildman–Crippen LogP) is 3.52. The Hall–Kier alpha value is -2.18. The van der Waals surface area contributed by atoms with Crippen LogP contribution in [0, 0.1) is 13.8 Å². The van der Waals surface area contributed by atoms with Crippen LogP contribution < -0.4 is 10.0 Å². The monoisotopic (exact) mass is 374 g/mol. The molecule has 0 aliphatic carbocycles. The number of nitrogens with one attached hydrogen (secondary N) is 2. The van der Waals surface area contributed by atoms with Crippen molar-refractivity contribution in [2.24, 2.45) is 0 Å². The Morgan fingerprint density at radius 3 is 2.12 bits per heavy atom. The lowest BCUT2D eigenvalue weighted by Crippen LogP contribution is -2.33. The zero-order valence-electron chi connectivity index (χ0n) is 15.9. The predicted molar refractivity (Wildman–Crippen MR) is 105 cm³/mol. The lowest BCUT2D eigenvalue weighted by molar-refractivity contribution is -0.115. The average Bonchev–Trinajstić information content (AvgIpc) is 2.56. The molecule has 2 aromatic carbocycles. The molecule has 0 heterocycles. The second-order valence-electron chi connectivity index (χ2n) is 7.45. The van der Waals surface area contributed by atoms with Crippen molar-refractivity contribution in [2.45, 2.75) is 44.9 Å². The minimum Gasteiger partial charge on any atom is -0.325 e. The van der Waals surface area contributed by atoms with Crippen molar-refractivity contribution in [2.75, 3.05) is 11.9 Å². The third-order valence-electron chi connectivity index (χ3n) is 4.24. The van der Waals surface area contributed by atoms with Crippen molar-refractivity contribution in [1.82, 2.24) is 4.72 Å². The van der Waals surface area contributed by atoms with Crippen molar-refractivity contribution >= 4 is 21.6 Å². The number of hydrogen-bond donors (Lipinski definition) is 2. The summed E-state index contributed by atoms with van der Waals surface area (Å²) in [6.45, 7) is 9.80. The highest BCUT2D eigenvalue weighted by Gasteiger charge is 2.18. The molecule has 0 unspecified atom stereocenters. The van der Waals surface area contributed by atoms with Crippen molar-refractivity contribution in [3.63, 3.8) is 0 Å². The Balaban J connectivity index is 2.00. The highest BCUT2D eigenvalue weighted by Crippen LogP contribution is 2.23. The van der Waals surface area contributed by atoms with Gasteiger partial charge in [-0.05, 0) is 60.2 Å². The van der Waals surface area contributed by atoms with Crippen LogP contribution in [0.15, 0.2) is 47.4 Å². The van der Waals surface area contributed by atoms with Gasteiger partial charge in [0.1, 0.15) is 0 Å². The summed E-state index contributed by atoms with van der Waals surface area (Å²) in [6, 6.07) is 12.3. The molecule has 0 atom stereocenters. The second kappa shape index (κ2) is 7.60. The van der Waals surface area contributed by atoms with E-state index in [0.717, 1.165) is 16.7 Å². The van der Waals surface area contributed by atoms with Crippen LogP contribution in [-0.4, -0.2) is 20.9 Å². The molecule has 0 spiro atoms. The van der Waals surface area contributed by atoms with Crippen LogP contribution in [0.1, 0.15) is 37.5 Å². The zero-order chi connectivity index (χ0) is 19.5. The average molecular weight is 375 g/mol. The SMILES string of the molecule is Cc1ccc(NC(=O)CNS(=O)(=O)c2ccc(C(C)(C)C)cc2)cc1C. The number of aryl methyl sites for hydroxylation is 2. The molecule has 2 aromatic rings. The van der Waals surface area contributed by atoms with E-state index in [1.807, 2.05) is 26.0 Å². The summed E-state index contributed by atoms with van der Waals surface area (Å²) in [4.78, 5) is 12.2. The van der Waals surface area contributed by atoms with Crippen molar-refractivity contribution < 1.29 is 13.2 Å². The molecule has 2 N–H and O–H groups in total. The molecule has 0 fully saturated rings. The van der Waals surface area contributed by atoms with Gasteiger partial charge in [-0.15, -0.1) is 0 Å². The van der Waals surface area contributed by atoms with Crippen LogP contribution in [0.25, 0.3) is 0 Å². The minimum atomic E-state index is -3.74. The number of amides is 1. The highest BCUT2D eigenvalue weighted by molar-refractivity contribution is 7.89. The molecule has 0 saturated carbocycles. The maximum atomic E-state index is 12.4. The first-order valence-corrected chi connectivity index (χ1v) is 9.95. The summed E-state index contributed by atoms with van der Waals surface area (Å²) < 4.78 is 27.1. The third-order valence-corrected chi connectivity index (χ3v) is 5.66. The Morgan fingerprint density at radius 2 is 1.58 bits per heavy atom. The molecule has 0 aliphatic heterocycles. The summed E-state index contributed by atoms with van der Waals surface area (Å²) in [5.41, 5.74) is 3.82. The largest absolute Gasteiger partial charge is 0.325 e. The maximum Gasteiger partial charge on any atom is 0.241 e. The summed E-state index contributed by atoms with van der Waals surface area (Å²) in [7, 11) is -3.74. The van der Waals surface area contributed by atoms with Gasteiger partial charge < -0.3 is 5.32 Å². The smallest absolute Gasteiger partial charge is 0.241 e. The first-order chi connectivity index (χ1) is 12.0. The summed E-state index contributed by atoms with van der Waals surface area (Å²) >= 11 is 0. The summed E-state index contributed by atoms with van der Waals surface area (Å²) in [5, 5.41) is 2.70. The fourth-order valence-electron chi connectivity index (χ4n) is 2.40. The fraction of sp³-hybridized carbons (Fsp3) is 0.350. The number of carbonyl (C=O) groups excluding carboxylic acids is 1. The number of carbonyl (C=O) groups is 1. The van der Waals surface area contributed by atoms with E-state index >= 15 is 0 Å². The van der Waals surface area contributed by atoms with E-state index in [-0.39, 0.29) is 16.9 Å². The van der Waals surface area contributed by atoms with Crippen molar-refractivity contribution in [3.05, 3.63) is 59.2 Å². The van der Waals surface area contributed by atoms with E-state index in [1.165, 1.54) is 0 Å². The topological polar surface area (TPSA) is 75.3 Å². The van der Waals surface area contributed by atoms with Gasteiger partial charge in [0.2, 0.25) is 15.9 Å². The summed E-state index contributed by atoms with van der Waals surface area (Å²) in [6.07, 6.45) is 0. The number of sulfonamides is 1. The molecule has 5 nitrogen and oxygen atoms in total. The molecule has 0 bridgehead atoms. The fourth-order valence-corrected chi connectivity index (χ4v) is 3.38. The second-order valence-corrected chi connectivity index (χ2v) is 9.21. The van der Waals surface area contributed by atoms with Gasteiger partial charge in [0, 0.05) is 5.69 Å². The van der Waals surface area contributed by atoms with Gasteiger partial charge in [0.05, 0.1) is 11.4 Å². The molecular formula is C20H26N2O3S. The third kappa shape index (κ3) is 5.16. The van der Waals surface area contributed by atoms with Crippen LogP contribution in [0.3, 0.4) is 0 Å². The van der Waals surface area contributed by atoms with E-state index < -0.39 is 15.9 Å². The number of benzene rings is 2.